The number of amides is 1. The molecule has 1 aromatic rings. The fourth-order valence-electron chi connectivity index (χ4n) is 2.04. The Balaban J connectivity index is 2.81. The van der Waals surface area contributed by atoms with Crippen LogP contribution in [-0.2, 0) is 14.3 Å². The summed E-state index contributed by atoms with van der Waals surface area (Å²) in [4.78, 5) is 25.6. The van der Waals surface area contributed by atoms with Crippen molar-refractivity contribution in [3.63, 3.8) is 0 Å². The van der Waals surface area contributed by atoms with E-state index >= 15 is 0 Å². The zero-order valence-electron chi connectivity index (χ0n) is 12.9. The highest BCUT2D eigenvalue weighted by atomic mass is 16.5. The summed E-state index contributed by atoms with van der Waals surface area (Å²) >= 11 is 0. The molecule has 0 radical (unpaired) electrons. The Morgan fingerprint density at radius 3 is 2.38 bits per heavy atom. The van der Waals surface area contributed by atoms with Crippen LogP contribution in [0.15, 0.2) is 30.3 Å². The molecule has 0 bridgehead atoms. The summed E-state index contributed by atoms with van der Waals surface area (Å²) in [6, 6.07) is 8.38. The molecule has 1 atom stereocenters. The van der Waals surface area contributed by atoms with E-state index in [1.807, 2.05) is 32.0 Å². The Morgan fingerprint density at radius 2 is 1.86 bits per heavy atom. The van der Waals surface area contributed by atoms with Crippen LogP contribution in [0.5, 0.6) is 0 Å². The Labute approximate surface area is 126 Å². The van der Waals surface area contributed by atoms with Crippen molar-refractivity contribution in [3.05, 3.63) is 35.9 Å². The van der Waals surface area contributed by atoms with Gasteiger partial charge in [-0.3, -0.25) is 9.59 Å². The molecular formula is C16H24N2O3. The lowest BCUT2D eigenvalue weighted by atomic mass is 10.1. The van der Waals surface area contributed by atoms with Crippen LogP contribution >= 0.6 is 0 Å². The highest BCUT2D eigenvalue weighted by Gasteiger charge is 2.25. The number of hydrogen-bond donors (Lipinski definition) is 1. The molecule has 0 aromatic heterocycles. The van der Waals surface area contributed by atoms with Crippen LogP contribution in [0.3, 0.4) is 0 Å². The first-order valence-electron chi connectivity index (χ1n) is 7.20. The van der Waals surface area contributed by atoms with Gasteiger partial charge in [0.05, 0.1) is 6.61 Å². The molecule has 0 aliphatic heterocycles. The van der Waals surface area contributed by atoms with Crippen molar-refractivity contribution in [1.82, 2.24) is 4.90 Å². The number of nitrogens with zero attached hydrogens (tertiary/aromatic N) is 1. The highest BCUT2D eigenvalue weighted by Crippen LogP contribution is 2.14. The summed E-state index contributed by atoms with van der Waals surface area (Å²) in [5.41, 5.74) is 6.76. The lowest BCUT2D eigenvalue weighted by Crippen LogP contribution is -2.43. The summed E-state index contributed by atoms with van der Waals surface area (Å²) in [6.45, 7) is 6.41. The molecule has 0 saturated heterocycles. The van der Waals surface area contributed by atoms with Gasteiger partial charge in [0.15, 0.2) is 0 Å². The third-order valence-electron chi connectivity index (χ3n) is 2.95. The minimum absolute atomic E-state index is 0.0641. The van der Waals surface area contributed by atoms with Gasteiger partial charge in [-0.25, -0.2) is 0 Å². The molecule has 116 valence electrons. The molecule has 0 heterocycles. The molecule has 0 aliphatic rings. The first-order valence-corrected chi connectivity index (χ1v) is 7.20. The second-order valence-electron chi connectivity index (χ2n) is 5.31. The number of carbonyl (C=O) groups is 2. The van der Waals surface area contributed by atoms with Crippen molar-refractivity contribution < 1.29 is 14.3 Å². The van der Waals surface area contributed by atoms with E-state index in [2.05, 4.69) is 0 Å². The van der Waals surface area contributed by atoms with Gasteiger partial charge in [0.2, 0.25) is 5.91 Å². The number of nitrogens with two attached hydrogens (primary N) is 1. The minimum atomic E-state index is -0.764. The summed E-state index contributed by atoms with van der Waals surface area (Å²) in [5.74, 6) is -0.430. The number of rotatable bonds is 7. The number of carbonyl (C=O) groups excluding carboxylic acids is 2. The SMILES string of the molecule is CCOC(=O)CN(CC(C)C)C(=O)[C@H](N)c1ccccc1. The zero-order chi connectivity index (χ0) is 15.8. The van der Waals surface area contributed by atoms with Crippen LogP contribution in [0.25, 0.3) is 0 Å². The average molecular weight is 292 g/mol. The number of esters is 1. The van der Waals surface area contributed by atoms with E-state index in [0.717, 1.165) is 5.56 Å². The molecule has 1 amide bonds. The topological polar surface area (TPSA) is 72.6 Å². The largest absolute Gasteiger partial charge is 0.465 e. The predicted molar refractivity (Wildman–Crippen MR) is 81.4 cm³/mol. The van der Waals surface area contributed by atoms with E-state index in [1.165, 1.54) is 4.90 Å². The minimum Gasteiger partial charge on any atom is -0.465 e. The van der Waals surface area contributed by atoms with E-state index in [1.54, 1.807) is 19.1 Å². The fourth-order valence-corrected chi connectivity index (χ4v) is 2.04. The molecule has 0 aliphatic carbocycles. The first kappa shape index (κ1) is 17.2. The Hall–Kier alpha value is -1.88. The third kappa shape index (κ3) is 5.55. The summed E-state index contributed by atoms with van der Waals surface area (Å²) in [6.07, 6.45) is 0. The monoisotopic (exact) mass is 292 g/mol. The van der Waals surface area contributed by atoms with Crippen molar-refractivity contribution in [2.45, 2.75) is 26.8 Å². The van der Waals surface area contributed by atoms with Crippen molar-refractivity contribution in [1.29, 1.82) is 0 Å². The van der Waals surface area contributed by atoms with Gasteiger partial charge in [0, 0.05) is 6.54 Å². The highest BCUT2D eigenvalue weighted by molar-refractivity contribution is 5.86. The van der Waals surface area contributed by atoms with E-state index in [9.17, 15) is 9.59 Å². The van der Waals surface area contributed by atoms with Gasteiger partial charge in [-0.05, 0) is 18.4 Å². The van der Waals surface area contributed by atoms with Gasteiger partial charge >= 0.3 is 5.97 Å². The second kappa shape index (κ2) is 8.42. The zero-order valence-corrected chi connectivity index (χ0v) is 12.9. The maximum atomic E-state index is 12.5. The molecule has 1 aromatic carbocycles. The van der Waals surface area contributed by atoms with Crippen LogP contribution in [0, 0.1) is 5.92 Å². The third-order valence-corrected chi connectivity index (χ3v) is 2.95. The molecular weight excluding hydrogens is 268 g/mol. The van der Waals surface area contributed by atoms with Gasteiger partial charge in [-0.15, -0.1) is 0 Å². The van der Waals surface area contributed by atoms with Gasteiger partial charge in [-0.1, -0.05) is 44.2 Å². The van der Waals surface area contributed by atoms with Crippen LogP contribution in [0.4, 0.5) is 0 Å². The number of benzene rings is 1. The Morgan fingerprint density at radius 1 is 1.24 bits per heavy atom. The van der Waals surface area contributed by atoms with E-state index in [0.29, 0.717) is 13.2 Å². The molecule has 0 saturated carbocycles. The van der Waals surface area contributed by atoms with Gasteiger partial charge < -0.3 is 15.4 Å². The molecule has 5 nitrogen and oxygen atoms in total. The normalized spacial score (nSPS) is 12.0. The predicted octanol–water partition coefficient (Wildman–Crippen LogP) is 1.73. The summed E-state index contributed by atoms with van der Waals surface area (Å²) in [7, 11) is 0. The lowest BCUT2D eigenvalue weighted by Gasteiger charge is -2.26. The molecule has 0 spiro atoms. The molecule has 21 heavy (non-hydrogen) atoms. The fraction of sp³-hybridized carbons (Fsp3) is 0.500. The van der Waals surface area contributed by atoms with E-state index in [4.69, 9.17) is 10.5 Å². The van der Waals surface area contributed by atoms with Crippen molar-refractivity contribution in [3.8, 4) is 0 Å². The molecule has 5 heteroatoms. The first-order chi connectivity index (χ1) is 9.95. The number of hydrogen-bond acceptors (Lipinski definition) is 4. The van der Waals surface area contributed by atoms with Crippen molar-refractivity contribution in [2.24, 2.45) is 11.7 Å². The number of ether oxygens (including phenoxy) is 1. The Kier molecular flexibility index (Phi) is 6.88. The molecule has 1 rings (SSSR count). The summed E-state index contributed by atoms with van der Waals surface area (Å²) in [5, 5.41) is 0. The summed E-state index contributed by atoms with van der Waals surface area (Å²) < 4.78 is 4.92. The second-order valence-corrected chi connectivity index (χ2v) is 5.31. The average Bonchev–Trinajstić information content (AvgIpc) is 2.45. The van der Waals surface area contributed by atoms with Crippen LogP contribution < -0.4 is 5.73 Å². The maximum absolute atomic E-state index is 12.5. The van der Waals surface area contributed by atoms with E-state index in [-0.39, 0.29) is 18.4 Å². The Bertz CT molecular complexity index is 460. The lowest BCUT2D eigenvalue weighted by molar-refractivity contribution is -0.149. The maximum Gasteiger partial charge on any atom is 0.325 e. The molecule has 0 unspecified atom stereocenters. The molecule has 0 fully saturated rings. The van der Waals surface area contributed by atoms with Crippen molar-refractivity contribution >= 4 is 11.9 Å². The van der Waals surface area contributed by atoms with Gasteiger partial charge in [0.1, 0.15) is 12.6 Å². The van der Waals surface area contributed by atoms with Crippen LogP contribution in [-0.4, -0.2) is 36.5 Å². The van der Waals surface area contributed by atoms with E-state index < -0.39 is 12.0 Å². The quantitative estimate of drug-likeness (QED) is 0.777. The molecule has 2 N–H and O–H groups in total. The van der Waals surface area contributed by atoms with Crippen LogP contribution in [0.2, 0.25) is 0 Å². The smallest absolute Gasteiger partial charge is 0.325 e. The standard InChI is InChI=1S/C16H24N2O3/c1-4-21-14(19)11-18(10-12(2)3)16(20)15(17)13-8-6-5-7-9-13/h5-9,12,15H,4,10-11,17H2,1-3H3/t15-/m1/s1. The van der Waals surface area contributed by atoms with Gasteiger partial charge in [0.25, 0.3) is 0 Å². The van der Waals surface area contributed by atoms with Crippen LogP contribution in [0.1, 0.15) is 32.4 Å². The van der Waals surface area contributed by atoms with Gasteiger partial charge in [-0.2, -0.15) is 0 Å². The van der Waals surface area contributed by atoms with Crippen molar-refractivity contribution in [2.75, 3.05) is 19.7 Å².